The van der Waals surface area contributed by atoms with Crippen LogP contribution in [0.25, 0.3) is 0 Å². The van der Waals surface area contributed by atoms with E-state index in [0.29, 0.717) is 24.5 Å². The standard InChI is InChI=1S/C13H19NO3S/c1-3-17-9-13(14)8-12(13)18(15,16)11-6-4-10(2)5-7-11/h4-7,12H,3,8-9,14H2,1-2H3/t12-,13+/m0/s1. The Morgan fingerprint density at radius 1 is 1.39 bits per heavy atom. The van der Waals surface area contributed by atoms with Crippen molar-refractivity contribution < 1.29 is 13.2 Å². The Balaban J connectivity index is 2.17. The first-order valence-corrected chi connectivity index (χ1v) is 7.62. The molecule has 1 aliphatic carbocycles. The molecule has 2 N–H and O–H groups in total. The molecule has 0 saturated heterocycles. The average molecular weight is 269 g/mol. The van der Waals surface area contributed by atoms with Crippen LogP contribution < -0.4 is 5.73 Å². The lowest BCUT2D eigenvalue weighted by Gasteiger charge is -2.11. The largest absolute Gasteiger partial charge is 0.380 e. The van der Waals surface area contributed by atoms with Crippen molar-refractivity contribution in [1.82, 2.24) is 0 Å². The summed E-state index contributed by atoms with van der Waals surface area (Å²) in [5.41, 5.74) is 6.36. The topological polar surface area (TPSA) is 69.4 Å². The van der Waals surface area contributed by atoms with Crippen LogP contribution >= 0.6 is 0 Å². The van der Waals surface area contributed by atoms with Gasteiger partial charge in [-0.15, -0.1) is 0 Å². The molecule has 18 heavy (non-hydrogen) atoms. The van der Waals surface area contributed by atoms with E-state index < -0.39 is 20.6 Å². The normalized spacial score (nSPS) is 27.2. The minimum Gasteiger partial charge on any atom is -0.380 e. The lowest BCUT2D eigenvalue weighted by Crippen LogP contribution is -2.35. The molecule has 1 aromatic carbocycles. The molecule has 1 fully saturated rings. The Labute approximate surface area is 108 Å². The summed E-state index contributed by atoms with van der Waals surface area (Å²) in [4.78, 5) is 0.349. The molecular formula is C13H19NO3S. The first-order valence-electron chi connectivity index (χ1n) is 6.07. The van der Waals surface area contributed by atoms with Crippen LogP contribution in [0.2, 0.25) is 0 Å². The van der Waals surface area contributed by atoms with E-state index in [1.807, 2.05) is 13.8 Å². The maximum Gasteiger partial charge on any atom is 0.183 e. The first-order chi connectivity index (χ1) is 8.40. The summed E-state index contributed by atoms with van der Waals surface area (Å²) in [6.45, 7) is 4.65. The average Bonchev–Trinajstić information content (AvgIpc) is 3.01. The number of ether oxygens (including phenoxy) is 1. The van der Waals surface area contributed by atoms with Gasteiger partial charge in [0.15, 0.2) is 9.84 Å². The summed E-state index contributed by atoms with van der Waals surface area (Å²) in [5, 5.41) is -0.515. The van der Waals surface area contributed by atoms with Crippen molar-refractivity contribution >= 4 is 9.84 Å². The molecule has 5 heteroatoms. The SMILES string of the molecule is CCOC[C@]1(N)C[C@@H]1S(=O)(=O)c1ccc(C)cc1. The molecule has 0 aliphatic heterocycles. The fourth-order valence-corrected chi connectivity index (χ4v) is 4.10. The van der Waals surface area contributed by atoms with Crippen molar-refractivity contribution in [3.63, 3.8) is 0 Å². The second-order valence-corrected chi connectivity index (χ2v) is 7.05. The lowest BCUT2D eigenvalue weighted by atomic mass is 10.2. The quantitative estimate of drug-likeness (QED) is 0.874. The van der Waals surface area contributed by atoms with Crippen molar-refractivity contribution in [2.45, 2.75) is 36.0 Å². The van der Waals surface area contributed by atoms with E-state index in [-0.39, 0.29) is 0 Å². The monoisotopic (exact) mass is 269 g/mol. The summed E-state index contributed by atoms with van der Waals surface area (Å²) in [6.07, 6.45) is 0.475. The molecule has 0 amide bonds. The number of benzene rings is 1. The first kappa shape index (κ1) is 13.5. The molecule has 0 radical (unpaired) electrons. The van der Waals surface area contributed by atoms with Gasteiger partial charge in [-0.25, -0.2) is 8.42 Å². The molecule has 100 valence electrons. The van der Waals surface area contributed by atoms with Crippen molar-refractivity contribution in [3.8, 4) is 0 Å². The zero-order valence-electron chi connectivity index (χ0n) is 10.7. The van der Waals surface area contributed by atoms with E-state index in [2.05, 4.69) is 0 Å². The maximum absolute atomic E-state index is 12.3. The third-order valence-corrected chi connectivity index (χ3v) is 5.66. The summed E-state index contributed by atoms with van der Waals surface area (Å²) < 4.78 is 29.9. The lowest BCUT2D eigenvalue weighted by molar-refractivity contribution is 0.127. The van der Waals surface area contributed by atoms with E-state index >= 15 is 0 Å². The fraction of sp³-hybridized carbons (Fsp3) is 0.538. The molecular weight excluding hydrogens is 250 g/mol. The summed E-state index contributed by atoms with van der Waals surface area (Å²) in [5.74, 6) is 0. The van der Waals surface area contributed by atoms with Gasteiger partial charge in [-0.3, -0.25) is 0 Å². The Morgan fingerprint density at radius 2 is 2.00 bits per heavy atom. The van der Waals surface area contributed by atoms with Gasteiger partial charge >= 0.3 is 0 Å². The number of hydrogen-bond acceptors (Lipinski definition) is 4. The van der Waals surface area contributed by atoms with Crippen LogP contribution in [0.4, 0.5) is 0 Å². The van der Waals surface area contributed by atoms with Gasteiger partial charge in [0.25, 0.3) is 0 Å². The molecule has 1 saturated carbocycles. The van der Waals surface area contributed by atoms with Gasteiger partial charge in [-0.1, -0.05) is 17.7 Å². The van der Waals surface area contributed by atoms with Gasteiger partial charge in [0, 0.05) is 6.61 Å². The number of nitrogens with two attached hydrogens (primary N) is 1. The zero-order chi connectivity index (χ0) is 13.4. The molecule has 2 atom stereocenters. The molecule has 1 aromatic rings. The molecule has 0 spiro atoms. The van der Waals surface area contributed by atoms with Crippen molar-refractivity contribution in [1.29, 1.82) is 0 Å². The highest BCUT2D eigenvalue weighted by Crippen LogP contribution is 2.42. The van der Waals surface area contributed by atoms with Crippen LogP contribution in [-0.2, 0) is 14.6 Å². The van der Waals surface area contributed by atoms with Gasteiger partial charge in [-0.05, 0) is 32.4 Å². The highest BCUT2D eigenvalue weighted by atomic mass is 32.2. The Morgan fingerprint density at radius 3 is 2.56 bits per heavy atom. The van der Waals surface area contributed by atoms with Crippen LogP contribution in [0.5, 0.6) is 0 Å². The van der Waals surface area contributed by atoms with Crippen LogP contribution in [-0.4, -0.2) is 32.4 Å². The van der Waals surface area contributed by atoms with E-state index in [1.165, 1.54) is 0 Å². The predicted molar refractivity (Wildman–Crippen MR) is 70.2 cm³/mol. The van der Waals surface area contributed by atoms with Crippen molar-refractivity contribution in [2.24, 2.45) is 5.73 Å². The van der Waals surface area contributed by atoms with Crippen LogP contribution in [0.3, 0.4) is 0 Å². The van der Waals surface area contributed by atoms with Gasteiger partial charge in [0.1, 0.15) is 0 Å². The minimum absolute atomic E-state index is 0.305. The van der Waals surface area contributed by atoms with Gasteiger partial charge < -0.3 is 10.5 Å². The molecule has 0 bridgehead atoms. The number of sulfone groups is 1. The highest BCUT2D eigenvalue weighted by Gasteiger charge is 2.59. The molecule has 0 unspecified atom stereocenters. The van der Waals surface area contributed by atoms with Crippen LogP contribution in [0.15, 0.2) is 29.2 Å². The van der Waals surface area contributed by atoms with Gasteiger partial charge in [-0.2, -0.15) is 0 Å². The Hall–Kier alpha value is -0.910. The van der Waals surface area contributed by atoms with Crippen molar-refractivity contribution in [2.75, 3.05) is 13.2 Å². The predicted octanol–water partition coefficient (Wildman–Crippen LogP) is 1.28. The third-order valence-electron chi connectivity index (χ3n) is 3.35. The molecule has 2 rings (SSSR count). The smallest absolute Gasteiger partial charge is 0.183 e. The van der Waals surface area contributed by atoms with E-state index in [1.54, 1.807) is 24.3 Å². The zero-order valence-corrected chi connectivity index (χ0v) is 11.5. The third kappa shape index (κ3) is 2.43. The van der Waals surface area contributed by atoms with E-state index in [9.17, 15) is 8.42 Å². The highest BCUT2D eigenvalue weighted by molar-refractivity contribution is 7.92. The number of hydrogen-bond donors (Lipinski definition) is 1. The van der Waals surface area contributed by atoms with Crippen LogP contribution in [0, 0.1) is 6.92 Å². The second kappa shape index (κ2) is 4.64. The maximum atomic E-state index is 12.3. The number of aryl methyl sites for hydroxylation is 1. The molecule has 0 aromatic heterocycles. The Bertz CT molecular complexity index is 524. The van der Waals surface area contributed by atoms with E-state index in [4.69, 9.17) is 10.5 Å². The van der Waals surface area contributed by atoms with Crippen molar-refractivity contribution in [3.05, 3.63) is 29.8 Å². The van der Waals surface area contributed by atoms with Crippen LogP contribution in [0.1, 0.15) is 18.9 Å². The molecule has 0 heterocycles. The second-order valence-electron chi connectivity index (χ2n) is 4.92. The summed E-state index contributed by atoms with van der Waals surface area (Å²) >= 11 is 0. The number of rotatable bonds is 5. The van der Waals surface area contributed by atoms with E-state index in [0.717, 1.165) is 5.56 Å². The fourth-order valence-electron chi connectivity index (χ4n) is 2.04. The summed E-state index contributed by atoms with van der Waals surface area (Å²) in [6, 6.07) is 6.89. The Kier molecular flexibility index (Phi) is 3.49. The molecule has 1 aliphatic rings. The minimum atomic E-state index is -3.33. The summed E-state index contributed by atoms with van der Waals surface area (Å²) in [7, 11) is -3.33. The molecule has 4 nitrogen and oxygen atoms in total. The van der Waals surface area contributed by atoms with Gasteiger partial charge in [0.2, 0.25) is 0 Å². The van der Waals surface area contributed by atoms with Gasteiger partial charge in [0.05, 0.1) is 22.3 Å².